The minimum Gasteiger partial charge on any atom is -0.490 e. The van der Waals surface area contributed by atoms with Crippen LogP contribution in [0, 0.1) is 45.3 Å². The Balaban J connectivity index is 1.21. The lowest BCUT2D eigenvalue weighted by atomic mass is 9.65. The summed E-state index contributed by atoms with van der Waals surface area (Å²) in [6, 6.07) is 15.8. The first kappa shape index (κ1) is 48.9. The highest BCUT2D eigenvalue weighted by atomic mass is 16.6. The first-order valence-corrected chi connectivity index (χ1v) is 21.9. The molecule has 2 aliphatic rings. The monoisotopic (exact) mass is 837 g/mol. The summed E-state index contributed by atoms with van der Waals surface area (Å²) in [5.41, 5.74) is 2.67. The Morgan fingerprint density at radius 1 is 0.525 bits per heavy atom. The van der Waals surface area contributed by atoms with Gasteiger partial charge in [-0.3, -0.25) is 9.59 Å². The van der Waals surface area contributed by atoms with E-state index in [1.807, 2.05) is 72.8 Å². The highest BCUT2D eigenvalue weighted by Gasteiger charge is 2.42. The van der Waals surface area contributed by atoms with Crippen LogP contribution in [0.5, 0.6) is 11.5 Å². The van der Waals surface area contributed by atoms with E-state index in [1.165, 1.54) is 12.2 Å². The lowest BCUT2D eigenvalue weighted by Crippen LogP contribution is -2.37. The van der Waals surface area contributed by atoms with Crippen LogP contribution in [0.2, 0.25) is 0 Å². The Morgan fingerprint density at radius 2 is 0.852 bits per heavy atom. The van der Waals surface area contributed by atoms with E-state index in [0.717, 1.165) is 22.3 Å². The molecule has 0 saturated heterocycles. The van der Waals surface area contributed by atoms with Crippen LogP contribution in [-0.4, -0.2) is 49.9 Å². The fourth-order valence-electron chi connectivity index (χ4n) is 8.07. The summed E-state index contributed by atoms with van der Waals surface area (Å²) >= 11 is 0. The van der Waals surface area contributed by atoms with Gasteiger partial charge in [-0.1, -0.05) is 146 Å². The first-order valence-electron chi connectivity index (χ1n) is 21.9. The van der Waals surface area contributed by atoms with Crippen LogP contribution < -0.4 is 9.47 Å². The van der Waals surface area contributed by atoms with E-state index < -0.39 is 11.9 Å². The Kier molecular flexibility index (Phi) is 15.7. The molecule has 0 heterocycles. The number of hydrogen-bond acceptors (Lipinski definition) is 8. The summed E-state index contributed by atoms with van der Waals surface area (Å²) in [6.45, 7) is 29.9. The largest absolute Gasteiger partial charge is 0.490 e. The summed E-state index contributed by atoms with van der Waals surface area (Å²) in [7, 11) is 0. The minimum atomic E-state index is -0.434. The normalized spacial score (nSPS) is 20.7. The molecule has 2 aromatic rings. The van der Waals surface area contributed by atoms with Crippen LogP contribution >= 0.6 is 0 Å². The van der Waals surface area contributed by atoms with Crippen molar-refractivity contribution in [2.75, 3.05) is 26.4 Å². The Bertz CT molecular complexity index is 1840. The van der Waals surface area contributed by atoms with Gasteiger partial charge in [-0.25, -0.2) is 9.59 Å². The molecule has 0 radical (unpaired) electrons. The van der Waals surface area contributed by atoms with Gasteiger partial charge in [-0.15, -0.1) is 0 Å². The zero-order valence-corrected chi connectivity index (χ0v) is 39.4. The van der Waals surface area contributed by atoms with E-state index in [9.17, 15) is 19.2 Å². The Morgan fingerprint density at radius 3 is 1.15 bits per heavy atom. The zero-order chi connectivity index (χ0) is 45.6. The molecule has 8 nitrogen and oxygen atoms in total. The van der Waals surface area contributed by atoms with Gasteiger partial charge < -0.3 is 18.9 Å². The number of ether oxygens (including phenoxy) is 4. The Labute approximate surface area is 366 Å². The summed E-state index contributed by atoms with van der Waals surface area (Å²) in [4.78, 5) is 51.6. The van der Waals surface area contributed by atoms with Gasteiger partial charge in [0.05, 0.1) is 0 Å². The topological polar surface area (TPSA) is 105 Å². The third-order valence-electron chi connectivity index (χ3n) is 12.0. The summed E-state index contributed by atoms with van der Waals surface area (Å²) in [5.74, 6) is 0.648. The third-order valence-corrected chi connectivity index (χ3v) is 12.0. The van der Waals surface area contributed by atoms with Crippen molar-refractivity contribution in [2.45, 2.75) is 115 Å². The van der Waals surface area contributed by atoms with Crippen LogP contribution in [0.15, 0.2) is 96.1 Å². The maximum atomic E-state index is 13.3. The van der Waals surface area contributed by atoms with E-state index in [1.54, 1.807) is 0 Å². The second-order valence-corrected chi connectivity index (χ2v) is 21.4. The molecule has 0 saturated carbocycles. The lowest BCUT2D eigenvalue weighted by Gasteiger charge is -2.38. The number of carbonyl (C=O) groups excluding carboxylic acids is 4. The standard InChI is InChI=1S/C53H72O8/c1-49(2,3)41-31-35(32-42(47(41)56)50(4,5)6)15-25-45(54)60-29-27-58-39-21-17-37(18-22-39)53(13,14)38-19-23-40(24-20-38)59-28-30-61-46(55)26-16-36-33-43(51(7,8)9)48(57)44(34-36)52(10,11)12/h15-26,31,33,35-36,42,44H,27-30,32,34H2,1-14H3. The molecular weight excluding hydrogens is 765 g/mol. The van der Waals surface area contributed by atoms with E-state index in [-0.39, 0.29) is 88.7 Å². The molecule has 0 spiro atoms. The first-order chi connectivity index (χ1) is 28.2. The van der Waals surface area contributed by atoms with Crippen molar-refractivity contribution < 1.29 is 38.1 Å². The van der Waals surface area contributed by atoms with Crippen molar-refractivity contribution in [2.24, 2.45) is 45.3 Å². The highest BCUT2D eigenvalue weighted by molar-refractivity contribution is 6.00. The molecule has 4 unspecified atom stereocenters. The van der Waals surface area contributed by atoms with Crippen molar-refractivity contribution in [3.8, 4) is 11.5 Å². The number of rotatable bonds is 14. The predicted octanol–water partition coefficient (Wildman–Crippen LogP) is 11.4. The van der Waals surface area contributed by atoms with E-state index in [2.05, 4.69) is 96.9 Å². The molecule has 4 atom stereocenters. The van der Waals surface area contributed by atoms with Gasteiger partial charge in [0.2, 0.25) is 0 Å². The summed E-state index contributed by atoms with van der Waals surface area (Å²) in [5, 5.41) is 0. The summed E-state index contributed by atoms with van der Waals surface area (Å²) in [6.07, 6.45) is 12.0. The van der Waals surface area contributed by atoms with E-state index in [4.69, 9.17) is 18.9 Å². The zero-order valence-electron chi connectivity index (χ0n) is 39.4. The second-order valence-electron chi connectivity index (χ2n) is 21.4. The molecule has 0 aromatic heterocycles. The van der Waals surface area contributed by atoms with Gasteiger partial charge in [0.15, 0.2) is 11.6 Å². The van der Waals surface area contributed by atoms with Crippen molar-refractivity contribution in [1.29, 1.82) is 0 Å². The van der Waals surface area contributed by atoms with Crippen molar-refractivity contribution in [3.05, 3.63) is 107 Å². The molecular formula is C53H72O8. The highest BCUT2D eigenvalue weighted by Crippen LogP contribution is 2.44. The molecule has 0 amide bonds. The quantitative estimate of drug-likeness (QED) is 0.105. The molecule has 0 bridgehead atoms. The number of hydrogen-bond donors (Lipinski definition) is 0. The molecule has 2 aromatic carbocycles. The number of benzene rings is 2. The average molecular weight is 837 g/mol. The predicted molar refractivity (Wildman–Crippen MR) is 243 cm³/mol. The third kappa shape index (κ3) is 13.6. The van der Waals surface area contributed by atoms with Crippen molar-refractivity contribution in [1.82, 2.24) is 0 Å². The maximum Gasteiger partial charge on any atom is 0.330 e. The molecule has 8 heteroatoms. The van der Waals surface area contributed by atoms with E-state index >= 15 is 0 Å². The average Bonchev–Trinajstić information content (AvgIpc) is 3.16. The van der Waals surface area contributed by atoms with Crippen LogP contribution in [0.1, 0.15) is 121 Å². The second kappa shape index (κ2) is 19.5. The number of carbonyl (C=O) groups is 4. The number of ketones is 2. The number of Topliss-reactive ketones (excluding diaryl/α,β-unsaturated/α-hetero) is 2. The molecule has 2 aliphatic carbocycles. The van der Waals surface area contributed by atoms with Gasteiger partial charge in [0, 0.05) is 29.4 Å². The number of esters is 2. The fraction of sp³-hybridized carbons (Fsp3) is 0.547. The van der Waals surface area contributed by atoms with Gasteiger partial charge in [-0.2, -0.15) is 0 Å². The van der Waals surface area contributed by atoms with Gasteiger partial charge >= 0.3 is 11.9 Å². The van der Waals surface area contributed by atoms with Crippen molar-refractivity contribution in [3.63, 3.8) is 0 Å². The van der Waals surface area contributed by atoms with Crippen LogP contribution in [0.3, 0.4) is 0 Å². The Hall–Kier alpha value is -4.72. The molecule has 0 fully saturated rings. The van der Waals surface area contributed by atoms with Crippen LogP contribution in [0.4, 0.5) is 0 Å². The molecule has 61 heavy (non-hydrogen) atoms. The van der Waals surface area contributed by atoms with Crippen LogP contribution in [-0.2, 0) is 34.1 Å². The molecule has 4 rings (SSSR count). The van der Waals surface area contributed by atoms with E-state index in [0.29, 0.717) is 24.3 Å². The lowest BCUT2D eigenvalue weighted by molar-refractivity contribution is -0.139. The summed E-state index contributed by atoms with van der Waals surface area (Å²) < 4.78 is 22.6. The molecule has 0 N–H and O–H groups in total. The number of allylic oxidation sites excluding steroid dienone is 6. The van der Waals surface area contributed by atoms with Gasteiger partial charge in [0.1, 0.15) is 37.9 Å². The molecule has 0 aliphatic heterocycles. The fourth-order valence-corrected chi connectivity index (χ4v) is 8.07. The van der Waals surface area contributed by atoms with Crippen LogP contribution in [0.25, 0.3) is 0 Å². The van der Waals surface area contributed by atoms with Gasteiger partial charge in [-0.05, 0) is 92.9 Å². The minimum absolute atomic E-state index is 0.0167. The van der Waals surface area contributed by atoms with Crippen molar-refractivity contribution >= 4 is 23.5 Å². The smallest absolute Gasteiger partial charge is 0.330 e. The van der Waals surface area contributed by atoms with Gasteiger partial charge in [0.25, 0.3) is 0 Å². The SMILES string of the molecule is CC(C)(C)C1=CC(C=CC(=O)OCCOc2ccc(C(C)(C)c3ccc(OCCOC(=O)C=CC4C=C(C(C)(C)C)C(=O)C(C(C)(C)C)C4)cc3)cc2)CC(C(C)(C)C)C1=O. The molecule has 332 valence electrons. The maximum absolute atomic E-state index is 13.3.